The summed E-state index contributed by atoms with van der Waals surface area (Å²) in [5.74, 6) is 0. The molecule has 2 saturated carbocycles. The second kappa shape index (κ2) is 3.72. The van der Waals surface area contributed by atoms with Crippen molar-refractivity contribution in [3.8, 4) is 0 Å². The van der Waals surface area contributed by atoms with E-state index in [1.165, 1.54) is 5.56 Å². The third-order valence-electron chi connectivity index (χ3n) is 5.63. The third-order valence-corrected chi connectivity index (χ3v) is 6.54. The van der Waals surface area contributed by atoms with Crippen LogP contribution in [0.4, 0.5) is 0 Å². The van der Waals surface area contributed by atoms with Crippen LogP contribution in [0.15, 0.2) is 30.3 Å². The highest BCUT2D eigenvalue weighted by molar-refractivity contribution is 7.80. The van der Waals surface area contributed by atoms with Crippen LogP contribution in [0.1, 0.15) is 31.2 Å². The van der Waals surface area contributed by atoms with E-state index in [2.05, 4.69) is 30.3 Å². The summed E-state index contributed by atoms with van der Waals surface area (Å²) in [4.78, 5) is 0.670. The first-order valence-corrected chi connectivity index (χ1v) is 7.62. The molecule has 0 radical (unpaired) electrons. The average Bonchev–Trinajstić information content (AvgIpc) is 2.78. The van der Waals surface area contributed by atoms with Gasteiger partial charge in [0, 0.05) is 17.5 Å². The molecule has 0 amide bonds. The lowest BCUT2D eigenvalue weighted by molar-refractivity contribution is 0.189. The second-order valence-electron chi connectivity index (χ2n) is 6.47. The van der Waals surface area contributed by atoms with E-state index in [1.54, 1.807) is 0 Å². The Balaban J connectivity index is 1.82. The number of hydrogen-bond donors (Lipinski definition) is 1. The van der Waals surface area contributed by atoms with Crippen molar-refractivity contribution in [2.75, 3.05) is 0 Å². The average molecular weight is 293 g/mol. The molecule has 0 aromatic heterocycles. The van der Waals surface area contributed by atoms with Gasteiger partial charge in [0.05, 0.1) is 4.99 Å². The summed E-state index contributed by atoms with van der Waals surface area (Å²) >= 11 is 11.9. The number of thiocarbonyl (C=S) groups is 1. The van der Waals surface area contributed by atoms with Crippen molar-refractivity contribution in [2.45, 2.75) is 43.2 Å². The number of nitrogens with two attached hydrogens (primary N) is 1. The highest BCUT2D eigenvalue weighted by Gasteiger charge is 2.68. The normalized spacial score (nSPS) is 43.8. The maximum absolute atomic E-state index is 6.50. The van der Waals surface area contributed by atoms with Crippen LogP contribution in [-0.4, -0.2) is 21.5 Å². The molecular weight excluding hydrogens is 276 g/mol. The maximum atomic E-state index is 6.50. The highest BCUT2D eigenvalue weighted by atomic mass is 35.5. The molecule has 4 atom stereocenters. The molecule has 4 unspecified atom stereocenters. The predicted octanol–water partition coefficient (Wildman–Crippen LogP) is 2.99. The lowest BCUT2D eigenvalue weighted by atomic mass is 9.65. The first kappa shape index (κ1) is 12.1. The maximum Gasteiger partial charge on any atom is 0.0807 e. The van der Waals surface area contributed by atoms with Gasteiger partial charge in [-0.25, -0.2) is 4.42 Å². The van der Waals surface area contributed by atoms with Crippen LogP contribution in [-0.2, 0) is 5.41 Å². The van der Waals surface area contributed by atoms with Gasteiger partial charge in [0.1, 0.15) is 0 Å². The largest absolute Gasteiger partial charge is 0.393 e. The van der Waals surface area contributed by atoms with Gasteiger partial charge in [-0.15, -0.1) is 0 Å². The number of benzene rings is 1. The number of piperidine rings is 1. The fourth-order valence-electron chi connectivity index (χ4n) is 4.90. The van der Waals surface area contributed by atoms with Gasteiger partial charge in [-0.3, -0.25) is 0 Å². The molecule has 4 bridgehead atoms. The molecule has 4 heteroatoms. The minimum Gasteiger partial charge on any atom is -0.393 e. The molecule has 2 aliphatic carbocycles. The molecule has 2 aliphatic heterocycles. The zero-order valence-corrected chi connectivity index (χ0v) is 12.3. The Labute approximate surface area is 124 Å². The molecule has 100 valence electrons. The van der Waals surface area contributed by atoms with Crippen LogP contribution in [0.5, 0.6) is 0 Å². The quantitative estimate of drug-likeness (QED) is 0.671. The van der Waals surface area contributed by atoms with Crippen molar-refractivity contribution in [3.05, 3.63) is 35.9 Å². The molecule has 2 N–H and O–H groups in total. The Bertz CT molecular complexity index is 548. The third kappa shape index (κ3) is 1.39. The molecule has 19 heavy (non-hydrogen) atoms. The van der Waals surface area contributed by atoms with Gasteiger partial charge < -0.3 is 5.73 Å². The molecule has 0 spiro atoms. The van der Waals surface area contributed by atoms with Gasteiger partial charge in [-0.05, 0) is 48.4 Å². The zero-order valence-electron chi connectivity index (χ0n) is 10.7. The number of rotatable bonds is 2. The standard InChI is InChI=1S/C15H17ClN2S/c16-18-11-6-14(10-4-2-1-3-5-10)8-12(18)15(7-11,9-14)13(17)19/h1-5,11-12H,6-9H2,(H2,17,19). The summed E-state index contributed by atoms with van der Waals surface area (Å²) in [6.45, 7) is 0. The summed E-state index contributed by atoms with van der Waals surface area (Å²) in [5.41, 5.74) is 7.75. The molecule has 1 aromatic carbocycles. The van der Waals surface area contributed by atoms with Crippen LogP contribution in [0.25, 0.3) is 0 Å². The summed E-state index contributed by atoms with van der Waals surface area (Å²) in [6.07, 6.45) is 4.35. The van der Waals surface area contributed by atoms with E-state index in [0.29, 0.717) is 17.1 Å². The first-order valence-electron chi connectivity index (χ1n) is 6.87. The number of nitrogens with zero attached hydrogens (tertiary/aromatic N) is 1. The molecule has 5 rings (SSSR count). The van der Waals surface area contributed by atoms with Crippen molar-refractivity contribution in [2.24, 2.45) is 11.1 Å². The van der Waals surface area contributed by atoms with Crippen molar-refractivity contribution in [1.29, 1.82) is 0 Å². The monoisotopic (exact) mass is 292 g/mol. The van der Waals surface area contributed by atoms with Crippen molar-refractivity contribution in [1.82, 2.24) is 4.42 Å². The van der Waals surface area contributed by atoms with Gasteiger partial charge in [0.2, 0.25) is 0 Å². The van der Waals surface area contributed by atoms with Crippen LogP contribution >= 0.6 is 24.0 Å². The first-order chi connectivity index (χ1) is 9.07. The molecule has 2 saturated heterocycles. The zero-order chi connectivity index (χ0) is 13.3. The van der Waals surface area contributed by atoms with Crippen molar-refractivity contribution >= 4 is 29.0 Å². The fraction of sp³-hybridized carbons (Fsp3) is 0.533. The Morgan fingerprint density at radius 2 is 2.00 bits per heavy atom. The molecule has 4 fully saturated rings. The molecule has 2 heterocycles. The van der Waals surface area contributed by atoms with Crippen LogP contribution < -0.4 is 5.73 Å². The molecule has 4 aliphatic rings. The van der Waals surface area contributed by atoms with Crippen LogP contribution in [0, 0.1) is 5.41 Å². The van der Waals surface area contributed by atoms with E-state index in [-0.39, 0.29) is 10.8 Å². The summed E-state index contributed by atoms with van der Waals surface area (Å²) in [6, 6.07) is 11.6. The Hall–Kier alpha value is -0.640. The minimum atomic E-state index is -0.0319. The van der Waals surface area contributed by atoms with Gasteiger partial charge >= 0.3 is 0 Å². The van der Waals surface area contributed by atoms with E-state index >= 15 is 0 Å². The van der Waals surface area contributed by atoms with E-state index in [9.17, 15) is 0 Å². The van der Waals surface area contributed by atoms with E-state index < -0.39 is 0 Å². The second-order valence-corrected chi connectivity index (χ2v) is 7.30. The predicted molar refractivity (Wildman–Crippen MR) is 81.1 cm³/mol. The van der Waals surface area contributed by atoms with Crippen LogP contribution in [0.2, 0.25) is 0 Å². The van der Waals surface area contributed by atoms with E-state index in [1.807, 2.05) is 4.42 Å². The molecule has 2 nitrogen and oxygen atoms in total. The fourth-order valence-corrected chi connectivity index (χ4v) is 5.59. The summed E-state index contributed by atoms with van der Waals surface area (Å²) in [5, 5.41) is 0. The van der Waals surface area contributed by atoms with Gasteiger partial charge in [-0.2, -0.15) is 0 Å². The van der Waals surface area contributed by atoms with Crippen molar-refractivity contribution < 1.29 is 0 Å². The van der Waals surface area contributed by atoms with Gasteiger partial charge in [0.15, 0.2) is 0 Å². The smallest absolute Gasteiger partial charge is 0.0807 e. The topological polar surface area (TPSA) is 29.3 Å². The Kier molecular flexibility index (Phi) is 2.37. The number of halogens is 1. The highest BCUT2D eigenvalue weighted by Crippen LogP contribution is 2.67. The summed E-state index contributed by atoms with van der Waals surface area (Å²) in [7, 11) is 0. The van der Waals surface area contributed by atoms with Crippen molar-refractivity contribution in [3.63, 3.8) is 0 Å². The molecule has 1 aromatic rings. The van der Waals surface area contributed by atoms with E-state index in [4.69, 9.17) is 29.7 Å². The minimum absolute atomic E-state index is 0.0319. The number of hydrogen-bond acceptors (Lipinski definition) is 2. The van der Waals surface area contributed by atoms with E-state index in [0.717, 1.165) is 25.7 Å². The lowest BCUT2D eigenvalue weighted by Crippen LogP contribution is -2.42. The SMILES string of the molecule is NC(=S)C12CC3CC(c4ccccc4)(CC1N3Cl)C2. The summed E-state index contributed by atoms with van der Waals surface area (Å²) < 4.78 is 2.02. The Morgan fingerprint density at radius 3 is 2.63 bits per heavy atom. The lowest BCUT2D eigenvalue weighted by Gasteiger charge is -2.42. The van der Waals surface area contributed by atoms with Gasteiger partial charge in [0.25, 0.3) is 0 Å². The van der Waals surface area contributed by atoms with Gasteiger partial charge in [-0.1, -0.05) is 42.5 Å². The van der Waals surface area contributed by atoms with Crippen LogP contribution in [0.3, 0.4) is 0 Å². The Morgan fingerprint density at radius 1 is 1.26 bits per heavy atom. The molecular formula is C15H17ClN2S.